The molecule has 1 aliphatic rings. The first kappa shape index (κ1) is 12.9. The molecule has 0 spiro atoms. The molecule has 1 amide bonds. The summed E-state index contributed by atoms with van der Waals surface area (Å²) in [4.78, 5) is 22.2. The van der Waals surface area contributed by atoms with Gasteiger partial charge in [-0.05, 0) is 6.42 Å². The Kier molecular flexibility index (Phi) is 4.66. The van der Waals surface area contributed by atoms with E-state index in [1.165, 1.54) is 0 Å². The van der Waals surface area contributed by atoms with Crippen LogP contribution in [-0.4, -0.2) is 59.0 Å². The molecule has 0 saturated carbocycles. The topological polar surface area (TPSA) is 119 Å². The van der Waals surface area contributed by atoms with Crippen LogP contribution in [0.3, 0.4) is 0 Å². The number of piperidine rings is 1. The summed E-state index contributed by atoms with van der Waals surface area (Å²) >= 11 is 0. The highest BCUT2D eigenvalue weighted by atomic mass is 16.4. The predicted molar refractivity (Wildman–Crippen MR) is 53.6 cm³/mol. The van der Waals surface area contributed by atoms with Gasteiger partial charge in [-0.15, -0.1) is 0 Å². The van der Waals surface area contributed by atoms with Crippen molar-refractivity contribution in [2.24, 2.45) is 5.92 Å². The third-order valence-corrected chi connectivity index (χ3v) is 2.50. The van der Waals surface area contributed by atoms with Crippen LogP contribution in [0.1, 0.15) is 6.42 Å². The van der Waals surface area contributed by atoms with Crippen molar-refractivity contribution in [3.63, 3.8) is 0 Å². The molecule has 5 N–H and O–H groups in total. The Morgan fingerprint density at radius 1 is 1.44 bits per heavy atom. The first-order valence-corrected chi connectivity index (χ1v) is 5.07. The molecular formula is C9H16N2O5. The molecule has 92 valence electrons. The number of carboxylic acids is 1. The normalized spacial score (nSPS) is 27.1. The molecule has 3 atom stereocenters. The molecule has 7 nitrogen and oxygen atoms in total. The number of aliphatic hydroxyl groups excluding tert-OH is 2. The molecule has 1 aliphatic heterocycles. The number of aliphatic carboxylic acids is 1. The van der Waals surface area contributed by atoms with E-state index in [0.717, 1.165) is 0 Å². The monoisotopic (exact) mass is 232 g/mol. The van der Waals surface area contributed by atoms with Crippen LogP contribution in [0.25, 0.3) is 0 Å². The lowest BCUT2D eigenvalue weighted by atomic mass is 9.96. The van der Waals surface area contributed by atoms with Crippen LogP contribution in [0.5, 0.6) is 0 Å². The molecule has 1 heterocycles. The van der Waals surface area contributed by atoms with Crippen LogP contribution in [0.15, 0.2) is 0 Å². The molecule has 1 saturated heterocycles. The van der Waals surface area contributed by atoms with Gasteiger partial charge in [-0.25, -0.2) is 4.79 Å². The first-order chi connectivity index (χ1) is 7.54. The van der Waals surface area contributed by atoms with Crippen molar-refractivity contribution >= 4 is 11.9 Å². The van der Waals surface area contributed by atoms with Crippen molar-refractivity contribution in [3.05, 3.63) is 0 Å². The van der Waals surface area contributed by atoms with E-state index in [0.29, 0.717) is 19.5 Å². The minimum Gasteiger partial charge on any atom is -0.480 e. The fourth-order valence-corrected chi connectivity index (χ4v) is 1.59. The largest absolute Gasteiger partial charge is 0.480 e. The van der Waals surface area contributed by atoms with Crippen LogP contribution in [0.4, 0.5) is 0 Å². The molecule has 1 rings (SSSR count). The van der Waals surface area contributed by atoms with E-state index < -0.39 is 36.5 Å². The van der Waals surface area contributed by atoms with Gasteiger partial charge in [0.2, 0.25) is 5.91 Å². The third-order valence-electron chi connectivity index (χ3n) is 2.50. The number of amides is 1. The van der Waals surface area contributed by atoms with Crippen molar-refractivity contribution in [2.75, 3.05) is 19.7 Å². The van der Waals surface area contributed by atoms with Crippen molar-refractivity contribution < 1.29 is 24.9 Å². The molecule has 0 aromatic rings. The maximum atomic E-state index is 11.6. The Labute approximate surface area is 92.5 Å². The zero-order chi connectivity index (χ0) is 12.1. The van der Waals surface area contributed by atoms with Crippen molar-refractivity contribution in [3.8, 4) is 0 Å². The minimum absolute atomic E-state index is 0.302. The second-order valence-electron chi connectivity index (χ2n) is 3.83. The number of aliphatic hydroxyl groups is 2. The highest BCUT2D eigenvalue weighted by Gasteiger charge is 2.28. The molecule has 0 aromatic heterocycles. The zero-order valence-electron chi connectivity index (χ0n) is 8.72. The van der Waals surface area contributed by atoms with Crippen molar-refractivity contribution in [1.82, 2.24) is 10.6 Å². The van der Waals surface area contributed by atoms with Crippen LogP contribution in [-0.2, 0) is 9.59 Å². The van der Waals surface area contributed by atoms with Gasteiger partial charge < -0.3 is 26.0 Å². The van der Waals surface area contributed by atoms with E-state index in [1.807, 2.05) is 0 Å². The third kappa shape index (κ3) is 3.44. The number of carboxylic acid groups (broad SMARTS) is 1. The summed E-state index contributed by atoms with van der Waals surface area (Å²) in [6.07, 6.45) is -0.293. The van der Waals surface area contributed by atoms with Crippen LogP contribution >= 0.6 is 0 Å². The van der Waals surface area contributed by atoms with E-state index in [4.69, 9.17) is 10.2 Å². The second kappa shape index (κ2) is 5.78. The van der Waals surface area contributed by atoms with Gasteiger partial charge in [0, 0.05) is 13.1 Å². The maximum Gasteiger partial charge on any atom is 0.328 e. The first-order valence-electron chi connectivity index (χ1n) is 5.07. The highest BCUT2D eigenvalue weighted by molar-refractivity contribution is 5.85. The lowest BCUT2D eigenvalue weighted by molar-refractivity contribution is -0.143. The number of rotatable bonds is 4. The van der Waals surface area contributed by atoms with Crippen LogP contribution in [0, 0.1) is 5.92 Å². The van der Waals surface area contributed by atoms with E-state index in [9.17, 15) is 14.7 Å². The van der Waals surface area contributed by atoms with Gasteiger partial charge in [-0.2, -0.15) is 0 Å². The van der Waals surface area contributed by atoms with Crippen molar-refractivity contribution in [2.45, 2.75) is 18.6 Å². The SMILES string of the molecule is O=C(N[C@@H](CO)C(=O)O)C1CNCC(O)C1. The number of hydrogen-bond acceptors (Lipinski definition) is 5. The molecule has 0 aromatic carbocycles. The fourth-order valence-electron chi connectivity index (χ4n) is 1.59. The Bertz CT molecular complexity index is 271. The quantitative estimate of drug-likeness (QED) is 0.366. The number of hydrogen-bond donors (Lipinski definition) is 5. The van der Waals surface area contributed by atoms with Crippen LogP contribution in [0.2, 0.25) is 0 Å². The number of carbonyl (C=O) groups excluding carboxylic acids is 1. The van der Waals surface area contributed by atoms with E-state index >= 15 is 0 Å². The summed E-state index contributed by atoms with van der Waals surface area (Å²) in [5.74, 6) is -2.20. The van der Waals surface area contributed by atoms with Gasteiger partial charge in [0.05, 0.1) is 18.6 Å². The summed E-state index contributed by atoms with van der Waals surface area (Å²) in [7, 11) is 0. The number of nitrogens with one attached hydrogen (secondary N) is 2. The maximum absolute atomic E-state index is 11.6. The highest BCUT2D eigenvalue weighted by Crippen LogP contribution is 2.10. The summed E-state index contributed by atoms with van der Waals surface area (Å²) in [6, 6.07) is -1.29. The molecule has 7 heteroatoms. The van der Waals surface area contributed by atoms with Gasteiger partial charge in [-0.1, -0.05) is 0 Å². The van der Waals surface area contributed by atoms with Gasteiger partial charge >= 0.3 is 5.97 Å². The van der Waals surface area contributed by atoms with E-state index in [1.54, 1.807) is 0 Å². The second-order valence-corrected chi connectivity index (χ2v) is 3.83. The standard InChI is InChI=1S/C9H16N2O5/c12-4-7(9(15)16)11-8(14)5-1-6(13)3-10-2-5/h5-7,10,12-13H,1-4H2,(H,11,14)(H,15,16)/t5?,6?,7-/m0/s1. The lowest BCUT2D eigenvalue weighted by Crippen LogP contribution is -2.51. The van der Waals surface area contributed by atoms with Gasteiger partial charge in [0.25, 0.3) is 0 Å². The molecule has 0 radical (unpaired) electrons. The predicted octanol–water partition coefficient (Wildman–Crippen LogP) is -2.48. The average Bonchev–Trinajstić information content (AvgIpc) is 2.25. The van der Waals surface area contributed by atoms with Crippen molar-refractivity contribution in [1.29, 1.82) is 0 Å². The van der Waals surface area contributed by atoms with Gasteiger partial charge in [-0.3, -0.25) is 4.79 Å². The summed E-state index contributed by atoms with van der Waals surface area (Å²) in [5, 5.41) is 31.8. The Balaban J connectivity index is 2.47. The van der Waals surface area contributed by atoms with Gasteiger partial charge in [0.15, 0.2) is 0 Å². The molecule has 16 heavy (non-hydrogen) atoms. The molecule has 0 aliphatic carbocycles. The Morgan fingerprint density at radius 3 is 2.62 bits per heavy atom. The zero-order valence-corrected chi connectivity index (χ0v) is 8.72. The molecule has 1 fully saturated rings. The van der Waals surface area contributed by atoms with Crippen LogP contribution < -0.4 is 10.6 Å². The smallest absolute Gasteiger partial charge is 0.328 e. The summed E-state index contributed by atoms with van der Waals surface area (Å²) in [5.41, 5.74) is 0. The Hall–Kier alpha value is -1.18. The van der Waals surface area contributed by atoms with E-state index in [2.05, 4.69) is 10.6 Å². The molecule has 0 bridgehead atoms. The Morgan fingerprint density at radius 2 is 2.12 bits per heavy atom. The fraction of sp³-hybridized carbons (Fsp3) is 0.778. The number of β-amino-alcohol motifs (C(OH)–C–C–N with tert-alkyl or cyclic N) is 1. The van der Waals surface area contributed by atoms with Gasteiger partial charge in [0.1, 0.15) is 6.04 Å². The average molecular weight is 232 g/mol. The molecular weight excluding hydrogens is 216 g/mol. The van der Waals surface area contributed by atoms with E-state index in [-0.39, 0.29) is 0 Å². The summed E-state index contributed by atoms with van der Waals surface area (Å²) in [6.45, 7) is 0.191. The number of carbonyl (C=O) groups is 2. The minimum atomic E-state index is -1.29. The lowest BCUT2D eigenvalue weighted by Gasteiger charge is -2.26. The summed E-state index contributed by atoms with van der Waals surface area (Å²) < 4.78 is 0. The molecule has 2 unspecified atom stereocenters.